The van der Waals surface area contributed by atoms with Crippen LogP contribution in [0.4, 0.5) is 0 Å². The Balaban J connectivity index is 1.96. The quantitative estimate of drug-likeness (QED) is 0.639. The molecule has 122 valence electrons. The minimum atomic E-state index is -0.482. The first-order valence-electron chi connectivity index (χ1n) is 7.43. The summed E-state index contributed by atoms with van der Waals surface area (Å²) in [5.41, 5.74) is 2.72. The monoisotopic (exact) mass is 323 g/mol. The number of benzene rings is 2. The van der Waals surface area contributed by atoms with Crippen LogP contribution in [0.25, 0.3) is 6.08 Å². The molecule has 0 N–H and O–H groups in total. The number of rotatable bonds is 4. The molecule has 0 atom stereocenters. The lowest BCUT2D eigenvalue weighted by atomic mass is 10.1. The summed E-state index contributed by atoms with van der Waals surface area (Å²) in [5.74, 6) is 1.16. The molecular formula is C19H17NO4. The Morgan fingerprint density at radius 2 is 1.79 bits per heavy atom. The van der Waals surface area contributed by atoms with Crippen molar-refractivity contribution in [1.82, 2.24) is 0 Å². The van der Waals surface area contributed by atoms with Crippen molar-refractivity contribution in [2.24, 2.45) is 4.99 Å². The van der Waals surface area contributed by atoms with Crippen LogP contribution in [0, 0.1) is 6.92 Å². The molecule has 0 fully saturated rings. The highest BCUT2D eigenvalue weighted by Gasteiger charge is 2.26. The Labute approximate surface area is 140 Å². The number of hydrogen-bond acceptors (Lipinski definition) is 5. The van der Waals surface area contributed by atoms with Crippen molar-refractivity contribution < 1.29 is 19.0 Å². The van der Waals surface area contributed by atoms with Crippen molar-refractivity contribution in [3.8, 4) is 11.5 Å². The van der Waals surface area contributed by atoms with E-state index in [2.05, 4.69) is 4.99 Å². The van der Waals surface area contributed by atoms with Gasteiger partial charge in [-0.15, -0.1) is 0 Å². The molecular weight excluding hydrogens is 306 g/mol. The Morgan fingerprint density at radius 1 is 1.04 bits per heavy atom. The third-order valence-electron chi connectivity index (χ3n) is 3.68. The van der Waals surface area contributed by atoms with Gasteiger partial charge in [-0.05, 0) is 48.4 Å². The van der Waals surface area contributed by atoms with Gasteiger partial charge in [0.25, 0.3) is 0 Å². The topological polar surface area (TPSA) is 57.1 Å². The molecule has 0 radical (unpaired) electrons. The van der Waals surface area contributed by atoms with E-state index >= 15 is 0 Å². The standard InChI is InChI=1S/C19H17NO4/c1-12-10-13(8-9-16(12)22-2)11-15-19(21)24-18(20-15)14-6-4-5-7-17(14)23-3/h4-11H,1-3H3. The second-order valence-electron chi connectivity index (χ2n) is 5.27. The van der Waals surface area contributed by atoms with Crippen molar-refractivity contribution in [2.45, 2.75) is 6.92 Å². The maximum atomic E-state index is 12.1. The van der Waals surface area contributed by atoms with E-state index in [-0.39, 0.29) is 11.6 Å². The van der Waals surface area contributed by atoms with E-state index in [9.17, 15) is 4.79 Å². The summed E-state index contributed by atoms with van der Waals surface area (Å²) in [4.78, 5) is 16.4. The van der Waals surface area contributed by atoms with E-state index in [1.54, 1.807) is 32.4 Å². The Hall–Kier alpha value is -3.08. The maximum absolute atomic E-state index is 12.1. The van der Waals surface area contributed by atoms with Crippen LogP contribution < -0.4 is 9.47 Å². The van der Waals surface area contributed by atoms with Gasteiger partial charge >= 0.3 is 5.97 Å². The molecule has 5 nitrogen and oxygen atoms in total. The molecule has 1 aliphatic rings. The third-order valence-corrected chi connectivity index (χ3v) is 3.68. The molecule has 0 aromatic heterocycles. The number of aliphatic imine (C=N–C) groups is 1. The summed E-state index contributed by atoms with van der Waals surface area (Å²) in [6.07, 6.45) is 1.69. The first kappa shape index (κ1) is 15.8. The largest absolute Gasteiger partial charge is 0.496 e. The van der Waals surface area contributed by atoms with E-state index < -0.39 is 5.97 Å². The second-order valence-corrected chi connectivity index (χ2v) is 5.27. The van der Waals surface area contributed by atoms with Crippen LogP contribution in [-0.2, 0) is 9.53 Å². The zero-order valence-electron chi connectivity index (χ0n) is 13.7. The number of aryl methyl sites for hydroxylation is 1. The molecule has 0 amide bonds. The van der Waals surface area contributed by atoms with Gasteiger partial charge in [0.15, 0.2) is 5.70 Å². The van der Waals surface area contributed by atoms with E-state index in [4.69, 9.17) is 14.2 Å². The van der Waals surface area contributed by atoms with Crippen LogP contribution in [0.5, 0.6) is 11.5 Å². The van der Waals surface area contributed by atoms with Crippen LogP contribution in [0.1, 0.15) is 16.7 Å². The molecule has 2 aromatic carbocycles. The van der Waals surface area contributed by atoms with Gasteiger partial charge in [0.05, 0.1) is 19.8 Å². The first-order chi connectivity index (χ1) is 11.6. The molecule has 24 heavy (non-hydrogen) atoms. The molecule has 3 rings (SSSR count). The van der Waals surface area contributed by atoms with E-state index in [1.165, 1.54) is 0 Å². The van der Waals surface area contributed by atoms with Gasteiger partial charge < -0.3 is 14.2 Å². The Morgan fingerprint density at radius 3 is 2.50 bits per heavy atom. The number of para-hydroxylation sites is 1. The minimum absolute atomic E-state index is 0.244. The van der Waals surface area contributed by atoms with Gasteiger partial charge in [-0.1, -0.05) is 18.2 Å². The lowest BCUT2D eigenvalue weighted by Crippen LogP contribution is -2.06. The number of cyclic esters (lactones) is 1. The number of esters is 1. The van der Waals surface area contributed by atoms with Gasteiger partial charge in [-0.25, -0.2) is 9.79 Å². The van der Waals surface area contributed by atoms with Crippen LogP contribution in [-0.4, -0.2) is 26.1 Å². The zero-order chi connectivity index (χ0) is 17.1. The summed E-state index contributed by atoms with van der Waals surface area (Å²) in [5, 5.41) is 0. The smallest absolute Gasteiger partial charge is 0.363 e. The van der Waals surface area contributed by atoms with E-state index in [1.807, 2.05) is 37.3 Å². The number of nitrogens with zero attached hydrogens (tertiary/aromatic N) is 1. The summed E-state index contributed by atoms with van der Waals surface area (Å²) in [7, 11) is 3.19. The molecule has 0 unspecified atom stereocenters. The van der Waals surface area contributed by atoms with Crippen molar-refractivity contribution >= 4 is 17.9 Å². The van der Waals surface area contributed by atoms with Gasteiger partial charge in [0.2, 0.25) is 5.90 Å². The number of methoxy groups -OCH3 is 2. The molecule has 1 aliphatic heterocycles. The van der Waals surface area contributed by atoms with E-state index in [0.29, 0.717) is 11.3 Å². The fraction of sp³-hybridized carbons (Fsp3) is 0.158. The zero-order valence-corrected chi connectivity index (χ0v) is 13.7. The van der Waals surface area contributed by atoms with Crippen LogP contribution >= 0.6 is 0 Å². The summed E-state index contributed by atoms with van der Waals surface area (Å²) in [6, 6.07) is 12.9. The van der Waals surface area contributed by atoms with Gasteiger partial charge in [0.1, 0.15) is 11.5 Å². The predicted molar refractivity (Wildman–Crippen MR) is 91.3 cm³/mol. The number of carbonyl (C=O) groups excluding carboxylic acids is 1. The predicted octanol–water partition coefficient (Wildman–Crippen LogP) is 3.36. The summed E-state index contributed by atoms with van der Waals surface area (Å²) >= 11 is 0. The van der Waals surface area contributed by atoms with Crippen molar-refractivity contribution in [3.05, 3.63) is 64.9 Å². The minimum Gasteiger partial charge on any atom is -0.496 e. The fourth-order valence-electron chi connectivity index (χ4n) is 2.49. The lowest BCUT2D eigenvalue weighted by molar-refractivity contribution is -0.129. The molecule has 2 aromatic rings. The van der Waals surface area contributed by atoms with Crippen molar-refractivity contribution in [2.75, 3.05) is 14.2 Å². The molecule has 0 saturated heterocycles. The van der Waals surface area contributed by atoms with Crippen LogP contribution in [0.2, 0.25) is 0 Å². The first-order valence-corrected chi connectivity index (χ1v) is 7.43. The van der Waals surface area contributed by atoms with Gasteiger partial charge in [0, 0.05) is 0 Å². The molecule has 0 spiro atoms. The average molecular weight is 323 g/mol. The average Bonchev–Trinajstić information content (AvgIpc) is 2.95. The normalized spacial score (nSPS) is 15.2. The Bertz CT molecular complexity index is 852. The SMILES string of the molecule is COc1ccc(C=C2N=C(c3ccccc3OC)OC2=O)cc1C. The molecule has 0 bridgehead atoms. The van der Waals surface area contributed by atoms with Crippen LogP contribution in [0.3, 0.4) is 0 Å². The molecule has 0 saturated carbocycles. The van der Waals surface area contributed by atoms with Gasteiger partial charge in [-0.3, -0.25) is 0 Å². The molecule has 0 aliphatic carbocycles. The fourth-order valence-corrected chi connectivity index (χ4v) is 2.49. The highest BCUT2D eigenvalue weighted by atomic mass is 16.6. The highest BCUT2D eigenvalue weighted by molar-refractivity contribution is 6.13. The number of ether oxygens (including phenoxy) is 3. The number of carbonyl (C=O) groups is 1. The molecule has 5 heteroatoms. The van der Waals surface area contributed by atoms with Gasteiger partial charge in [-0.2, -0.15) is 0 Å². The summed E-state index contributed by atoms with van der Waals surface area (Å²) in [6.45, 7) is 1.94. The Kier molecular flexibility index (Phi) is 4.33. The third kappa shape index (κ3) is 3.01. The van der Waals surface area contributed by atoms with Crippen molar-refractivity contribution in [1.29, 1.82) is 0 Å². The van der Waals surface area contributed by atoms with E-state index in [0.717, 1.165) is 16.9 Å². The van der Waals surface area contributed by atoms with Crippen molar-refractivity contribution in [3.63, 3.8) is 0 Å². The molecule has 1 heterocycles. The van der Waals surface area contributed by atoms with Crippen LogP contribution in [0.15, 0.2) is 53.2 Å². The summed E-state index contributed by atoms with van der Waals surface area (Å²) < 4.78 is 15.8. The maximum Gasteiger partial charge on any atom is 0.363 e. The number of hydrogen-bond donors (Lipinski definition) is 0. The second kappa shape index (κ2) is 6.58. The lowest BCUT2D eigenvalue weighted by Gasteiger charge is -2.05. The highest BCUT2D eigenvalue weighted by Crippen LogP contribution is 2.26.